The van der Waals surface area contributed by atoms with E-state index in [0.29, 0.717) is 30.1 Å². The van der Waals surface area contributed by atoms with E-state index in [4.69, 9.17) is 9.15 Å². The number of carbonyl (C=O) groups is 1. The Bertz CT molecular complexity index is 993. The van der Waals surface area contributed by atoms with Gasteiger partial charge in [0.15, 0.2) is 11.5 Å². The van der Waals surface area contributed by atoms with Crippen molar-refractivity contribution in [3.63, 3.8) is 0 Å². The minimum absolute atomic E-state index is 0.0123. The normalized spacial score (nSPS) is 20.1. The monoisotopic (exact) mass is 434 g/mol. The van der Waals surface area contributed by atoms with E-state index in [1.54, 1.807) is 12.3 Å². The highest BCUT2D eigenvalue weighted by atomic mass is 16.5. The molecule has 3 aromatic rings. The van der Waals surface area contributed by atoms with E-state index in [2.05, 4.69) is 39.4 Å². The van der Waals surface area contributed by atoms with Crippen LogP contribution in [0.1, 0.15) is 41.7 Å². The van der Waals surface area contributed by atoms with Crippen LogP contribution in [0.25, 0.3) is 11.5 Å². The number of benzene rings is 1. The lowest BCUT2D eigenvalue weighted by Gasteiger charge is -2.39. The van der Waals surface area contributed by atoms with E-state index >= 15 is 0 Å². The van der Waals surface area contributed by atoms with Crippen LogP contribution in [-0.2, 0) is 11.3 Å². The first kappa shape index (κ1) is 21.0. The van der Waals surface area contributed by atoms with Gasteiger partial charge in [-0.2, -0.15) is 5.10 Å². The number of furan rings is 1. The number of aromatic nitrogens is 2. The second-order valence-electron chi connectivity index (χ2n) is 8.70. The maximum atomic E-state index is 12.9. The summed E-state index contributed by atoms with van der Waals surface area (Å²) in [6.07, 6.45) is 6.02. The molecule has 2 saturated heterocycles. The molecule has 0 bridgehead atoms. The fourth-order valence-corrected chi connectivity index (χ4v) is 4.96. The van der Waals surface area contributed by atoms with Crippen molar-refractivity contribution in [2.24, 2.45) is 0 Å². The van der Waals surface area contributed by atoms with Crippen LogP contribution in [0.15, 0.2) is 59.2 Å². The van der Waals surface area contributed by atoms with E-state index in [1.165, 1.54) is 18.4 Å². The highest BCUT2D eigenvalue weighted by Gasteiger charge is 2.34. The van der Waals surface area contributed by atoms with Gasteiger partial charge >= 0.3 is 0 Å². The SMILES string of the molecule is O=C(c1cc(-c2ccco2)[nH]n1)N1CCC(N2CCCC2COCc2ccccc2)CC1. The zero-order chi connectivity index (χ0) is 21.8. The summed E-state index contributed by atoms with van der Waals surface area (Å²) in [6.45, 7) is 4.10. The Morgan fingerprint density at radius 2 is 1.94 bits per heavy atom. The van der Waals surface area contributed by atoms with Crippen molar-refractivity contribution in [2.75, 3.05) is 26.2 Å². The zero-order valence-corrected chi connectivity index (χ0v) is 18.3. The quantitative estimate of drug-likeness (QED) is 0.609. The molecule has 1 amide bonds. The van der Waals surface area contributed by atoms with E-state index in [0.717, 1.165) is 44.8 Å². The summed E-state index contributed by atoms with van der Waals surface area (Å²) in [7, 11) is 0. The first-order valence-electron chi connectivity index (χ1n) is 11.5. The lowest BCUT2D eigenvalue weighted by atomic mass is 10.0. The summed E-state index contributed by atoms with van der Waals surface area (Å²) in [4.78, 5) is 17.5. The van der Waals surface area contributed by atoms with Crippen molar-refractivity contribution in [3.05, 3.63) is 66.1 Å². The molecular weight excluding hydrogens is 404 g/mol. The molecule has 168 valence electrons. The Kier molecular flexibility index (Phi) is 6.36. The van der Waals surface area contributed by atoms with Gasteiger partial charge in [-0.15, -0.1) is 0 Å². The van der Waals surface area contributed by atoms with Gasteiger partial charge in [0, 0.05) is 31.2 Å². The number of H-pyrrole nitrogens is 1. The minimum atomic E-state index is -0.0123. The van der Waals surface area contributed by atoms with Gasteiger partial charge in [0.05, 0.1) is 19.5 Å². The first-order valence-corrected chi connectivity index (χ1v) is 11.5. The van der Waals surface area contributed by atoms with Crippen molar-refractivity contribution >= 4 is 5.91 Å². The van der Waals surface area contributed by atoms with Crippen molar-refractivity contribution in [1.29, 1.82) is 0 Å². The summed E-state index contributed by atoms with van der Waals surface area (Å²) in [5.74, 6) is 0.673. The summed E-state index contributed by atoms with van der Waals surface area (Å²) in [5.41, 5.74) is 2.39. The first-order chi connectivity index (χ1) is 15.8. The molecule has 1 atom stereocenters. The van der Waals surface area contributed by atoms with Crippen molar-refractivity contribution in [3.8, 4) is 11.5 Å². The number of hydrogen-bond donors (Lipinski definition) is 1. The molecule has 1 aromatic carbocycles. The number of nitrogens with one attached hydrogen (secondary N) is 1. The van der Waals surface area contributed by atoms with Crippen molar-refractivity contribution in [1.82, 2.24) is 20.0 Å². The minimum Gasteiger partial charge on any atom is -0.463 e. The Morgan fingerprint density at radius 3 is 2.72 bits per heavy atom. The smallest absolute Gasteiger partial charge is 0.274 e. The van der Waals surface area contributed by atoms with Crippen LogP contribution in [0.5, 0.6) is 0 Å². The molecule has 2 aliphatic heterocycles. The van der Waals surface area contributed by atoms with Gasteiger partial charge in [0.2, 0.25) is 0 Å². The van der Waals surface area contributed by atoms with Crippen LogP contribution >= 0.6 is 0 Å². The van der Waals surface area contributed by atoms with Crippen molar-refractivity contribution in [2.45, 2.75) is 44.4 Å². The van der Waals surface area contributed by atoms with E-state index in [9.17, 15) is 4.79 Å². The fraction of sp³-hybridized carbons (Fsp3) is 0.440. The lowest BCUT2D eigenvalue weighted by molar-refractivity contribution is 0.0313. The number of likely N-dealkylation sites (tertiary alicyclic amines) is 2. The number of rotatable bonds is 7. The number of hydrogen-bond acceptors (Lipinski definition) is 5. The van der Waals surface area contributed by atoms with E-state index in [1.807, 2.05) is 23.1 Å². The molecule has 5 rings (SSSR count). The molecule has 1 unspecified atom stereocenters. The average Bonchev–Trinajstić information content (AvgIpc) is 3.61. The van der Waals surface area contributed by atoms with Gasteiger partial charge in [-0.1, -0.05) is 30.3 Å². The summed E-state index contributed by atoms with van der Waals surface area (Å²) >= 11 is 0. The van der Waals surface area contributed by atoms with E-state index in [-0.39, 0.29) is 5.91 Å². The van der Waals surface area contributed by atoms with Crippen molar-refractivity contribution < 1.29 is 13.9 Å². The average molecular weight is 435 g/mol. The van der Waals surface area contributed by atoms with Gasteiger partial charge in [-0.25, -0.2) is 0 Å². The maximum Gasteiger partial charge on any atom is 0.274 e. The van der Waals surface area contributed by atoms with Gasteiger partial charge in [-0.05, 0) is 49.9 Å². The summed E-state index contributed by atoms with van der Waals surface area (Å²) in [5, 5.41) is 7.12. The van der Waals surface area contributed by atoms with Crippen LogP contribution in [0.4, 0.5) is 0 Å². The summed E-state index contributed by atoms with van der Waals surface area (Å²) in [6, 6.07) is 16.8. The molecule has 0 radical (unpaired) electrons. The standard InChI is InChI=1S/C25H30N4O3/c30-25(23-16-22(26-27-23)24-9-5-15-32-24)28-13-10-20(11-14-28)29-12-4-8-21(29)18-31-17-19-6-2-1-3-7-19/h1-3,5-7,9,15-16,20-21H,4,8,10-14,17-18H2,(H,26,27). The van der Waals surface area contributed by atoms with Gasteiger partial charge in [0.25, 0.3) is 5.91 Å². The number of piperidine rings is 1. The number of nitrogens with zero attached hydrogens (tertiary/aromatic N) is 3. The number of amides is 1. The largest absolute Gasteiger partial charge is 0.463 e. The number of aromatic amines is 1. The van der Waals surface area contributed by atoms with Crippen LogP contribution < -0.4 is 0 Å². The highest BCUT2D eigenvalue weighted by molar-refractivity contribution is 5.93. The Hall–Kier alpha value is -2.90. The molecule has 2 fully saturated rings. The van der Waals surface area contributed by atoms with Crippen LogP contribution in [-0.4, -0.2) is 64.2 Å². The number of carbonyl (C=O) groups excluding carboxylic acids is 1. The van der Waals surface area contributed by atoms with Gasteiger partial charge in [0.1, 0.15) is 5.69 Å². The molecule has 4 heterocycles. The molecular formula is C25H30N4O3. The third-order valence-corrected chi connectivity index (χ3v) is 6.65. The molecule has 0 spiro atoms. The van der Waals surface area contributed by atoms with Gasteiger partial charge < -0.3 is 14.1 Å². The van der Waals surface area contributed by atoms with Crippen LogP contribution in [0.2, 0.25) is 0 Å². The van der Waals surface area contributed by atoms with E-state index < -0.39 is 0 Å². The molecule has 7 heteroatoms. The summed E-state index contributed by atoms with van der Waals surface area (Å²) < 4.78 is 11.4. The molecule has 0 saturated carbocycles. The Balaban J connectivity index is 1.12. The third kappa shape index (κ3) is 4.64. The van der Waals surface area contributed by atoms with Gasteiger partial charge in [-0.3, -0.25) is 14.8 Å². The fourth-order valence-electron chi connectivity index (χ4n) is 4.96. The molecule has 32 heavy (non-hydrogen) atoms. The third-order valence-electron chi connectivity index (χ3n) is 6.65. The van der Waals surface area contributed by atoms with Crippen LogP contribution in [0, 0.1) is 0 Å². The lowest BCUT2D eigenvalue weighted by Crippen LogP contribution is -2.49. The molecule has 7 nitrogen and oxygen atoms in total. The maximum absolute atomic E-state index is 12.9. The second-order valence-corrected chi connectivity index (χ2v) is 8.70. The Labute approximate surface area is 188 Å². The zero-order valence-electron chi connectivity index (χ0n) is 18.3. The highest BCUT2D eigenvalue weighted by Crippen LogP contribution is 2.27. The second kappa shape index (κ2) is 9.71. The van der Waals surface area contributed by atoms with Crippen LogP contribution in [0.3, 0.4) is 0 Å². The Morgan fingerprint density at radius 1 is 1.09 bits per heavy atom. The predicted octanol–water partition coefficient (Wildman–Crippen LogP) is 3.96. The molecule has 2 aromatic heterocycles. The topological polar surface area (TPSA) is 74.6 Å². The molecule has 2 aliphatic rings. The number of ether oxygens (including phenoxy) is 1. The molecule has 0 aliphatic carbocycles. The molecule has 1 N–H and O–H groups in total. The predicted molar refractivity (Wildman–Crippen MR) is 121 cm³/mol.